The largest absolute Gasteiger partial charge is 0.309 e. The summed E-state index contributed by atoms with van der Waals surface area (Å²) in [5.41, 5.74) is 1.47. The highest BCUT2D eigenvalue weighted by Crippen LogP contribution is 2.46. The Labute approximate surface area is 111 Å². The lowest BCUT2D eigenvalue weighted by molar-refractivity contribution is 0.510. The van der Waals surface area contributed by atoms with Crippen LogP contribution in [0.2, 0.25) is 0 Å². The minimum Gasteiger partial charge on any atom is -0.309 e. The van der Waals surface area contributed by atoms with Crippen LogP contribution in [0.15, 0.2) is 27.6 Å². The van der Waals surface area contributed by atoms with Crippen LogP contribution in [0.5, 0.6) is 0 Å². The van der Waals surface area contributed by atoms with Gasteiger partial charge in [-0.05, 0) is 43.1 Å². The molecule has 0 saturated carbocycles. The maximum absolute atomic E-state index is 3.67. The molecular formula is C13H18BrNS. The summed E-state index contributed by atoms with van der Waals surface area (Å²) < 4.78 is 1.19. The van der Waals surface area contributed by atoms with E-state index in [9.17, 15) is 0 Å². The van der Waals surface area contributed by atoms with Gasteiger partial charge in [-0.15, -0.1) is 11.8 Å². The second-order valence-corrected chi connectivity index (χ2v) is 6.38. The first-order valence-electron chi connectivity index (χ1n) is 5.95. The van der Waals surface area contributed by atoms with Gasteiger partial charge in [0.2, 0.25) is 0 Å². The van der Waals surface area contributed by atoms with Crippen LogP contribution < -0.4 is 5.32 Å². The first kappa shape index (κ1) is 12.5. The fourth-order valence-corrected chi connectivity index (χ4v) is 3.88. The second kappa shape index (κ2) is 5.56. The van der Waals surface area contributed by atoms with E-state index in [1.807, 2.05) is 11.8 Å². The topological polar surface area (TPSA) is 12.0 Å². The summed E-state index contributed by atoms with van der Waals surface area (Å²) >= 11 is 5.59. The Balaban J connectivity index is 2.24. The van der Waals surface area contributed by atoms with Crippen LogP contribution in [-0.2, 0) is 0 Å². The molecule has 0 saturated heterocycles. The predicted octanol–water partition coefficient (Wildman–Crippen LogP) is 4.37. The van der Waals surface area contributed by atoms with E-state index in [4.69, 9.17) is 0 Å². The molecule has 1 aromatic rings. The van der Waals surface area contributed by atoms with Crippen molar-refractivity contribution in [2.75, 3.05) is 6.54 Å². The van der Waals surface area contributed by atoms with Crippen LogP contribution in [0, 0.1) is 0 Å². The van der Waals surface area contributed by atoms with E-state index in [0.717, 1.165) is 6.54 Å². The van der Waals surface area contributed by atoms with Crippen LogP contribution >= 0.6 is 27.7 Å². The molecule has 16 heavy (non-hydrogen) atoms. The molecule has 0 radical (unpaired) electrons. The van der Waals surface area contributed by atoms with Crippen LogP contribution in [-0.4, -0.2) is 11.8 Å². The van der Waals surface area contributed by atoms with Gasteiger partial charge in [-0.2, -0.15) is 0 Å². The Morgan fingerprint density at radius 3 is 2.88 bits per heavy atom. The summed E-state index contributed by atoms with van der Waals surface area (Å²) in [5.74, 6) is 0. The summed E-state index contributed by atoms with van der Waals surface area (Å²) in [4.78, 5) is 1.45. The van der Waals surface area contributed by atoms with E-state index in [1.165, 1.54) is 27.8 Å². The first-order valence-corrected chi connectivity index (χ1v) is 7.63. The fraction of sp³-hybridized carbons (Fsp3) is 0.538. The normalized spacial score (nSPS) is 23.4. The second-order valence-electron chi connectivity index (χ2n) is 4.18. The third-order valence-corrected chi connectivity index (χ3v) is 5.00. The molecule has 0 aromatic heterocycles. The maximum Gasteiger partial charge on any atom is 0.0455 e. The summed E-state index contributed by atoms with van der Waals surface area (Å²) in [6, 6.07) is 7.18. The lowest BCUT2D eigenvalue weighted by atomic mass is 10.0. The Bertz CT molecular complexity index is 367. The Hall–Kier alpha value is 0.01000. The van der Waals surface area contributed by atoms with Gasteiger partial charge in [0, 0.05) is 20.7 Å². The van der Waals surface area contributed by atoms with Crippen molar-refractivity contribution in [3.8, 4) is 0 Å². The van der Waals surface area contributed by atoms with E-state index < -0.39 is 0 Å². The number of nitrogens with one attached hydrogen (secondary N) is 1. The quantitative estimate of drug-likeness (QED) is 0.886. The van der Waals surface area contributed by atoms with Gasteiger partial charge < -0.3 is 5.32 Å². The Morgan fingerprint density at radius 2 is 2.19 bits per heavy atom. The van der Waals surface area contributed by atoms with Crippen molar-refractivity contribution in [2.45, 2.75) is 42.9 Å². The van der Waals surface area contributed by atoms with Gasteiger partial charge in [0.25, 0.3) is 0 Å². The van der Waals surface area contributed by atoms with E-state index in [1.54, 1.807) is 0 Å². The van der Waals surface area contributed by atoms with Gasteiger partial charge in [-0.1, -0.05) is 29.8 Å². The lowest BCUT2D eigenvalue weighted by Crippen LogP contribution is -2.27. The molecule has 2 rings (SSSR count). The van der Waals surface area contributed by atoms with Gasteiger partial charge in [0.1, 0.15) is 0 Å². The average Bonchev–Trinajstić information content (AvgIpc) is 2.63. The summed E-state index contributed by atoms with van der Waals surface area (Å²) in [6.07, 6.45) is 2.42. The lowest BCUT2D eigenvalue weighted by Gasteiger charge is -2.19. The molecule has 0 bridgehead atoms. The minimum atomic E-state index is 0.530. The van der Waals surface area contributed by atoms with E-state index in [2.05, 4.69) is 53.3 Å². The smallest absolute Gasteiger partial charge is 0.0455 e. The highest BCUT2D eigenvalue weighted by Gasteiger charge is 2.31. The van der Waals surface area contributed by atoms with E-state index in [0.29, 0.717) is 11.3 Å². The molecule has 2 atom stereocenters. The van der Waals surface area contributed by atoms with Crippen LogP contribution in [0.3, 0.4) is 0 Å². The summed E-state index contributed by atoms with van der Waals surface area (Å²) in [6.45, 7) is 5.60. The summed E-state index contributed by atoms with van der Waals surface area (Å²) in [5, 5.41) is 4.36. The number of benzene rings is 1. The van der Waals surface area contributed by atoms with Crippen molar-refractivity contribution in [3.05, 3.63) is 28.2 Å². The molecule has 0 amide bonds. The third-order valence-electron chi connectivity index (χ3n) is 2.97. The highest BCUT2D eigenvalue weighted by atomic mass is 79.9. The standard InChI is InChI=1S/C13H18BrNS/c1-3-7-15-13-10-8-9(14)5-6-12(10)16-11(13)4-2/h5-6,8,11,13,15H,3-4,7H2,1-2H3. The molecule has 3 heteroatoms. The van der Waals surface area contributed by atoms with Crippen molar-refractivity contribution < 1.29 is 0 Å². The number of halogens is 1. The number of rotatable bonds is 4. The van der Waals surface area contributed by atoms with Crippen molar-refractivity contribution in [1.29, 1.82) is 0 Å². The number of hydrogen-bond donors (Lipinski definition) is 1. The average molecular weight is 300 g/mol. The van der Waals surface area contributed by atoms with Crippen molar-refractivity contribution in [2.24, 2.45) is 0 Å². The molecule has 1 aliphatic heterocycles. The molecule has 1 aromatic carbocycles. The zero-order valence-electron chi connectivity index (χ0n) is 9.79. The molecule has 0 aliphatic carbocycles. The molecule has 1 N–H and O–H groups in total. The molecule has 1 nitrogen and oxygen atoms in total. The molecule has 88 valence electrons. The third kappa shape index (κ3) is 2.47. The van der Waals surface area contributed by atoms with E-state index >= 15 is 0 Å². The SMILES string of the molecule is CCCNC1c2cc(Br)ccc2SC1CC. The maximum atomic E-state index is 3.67. The monoisotopic (exact) mass is 299 g/mol. The van der Waals surface area contributed by atoms with Gasteiger partial charge in [-0.3, -0.25) is 0 Å². The highest BCUT2D eigenvalue weighted by molar-refractivity contribution is 9.10. The fourth-order valence-electron chi connectivity index (χ4n) is 2.16. The molecule has 0 fully saturated rings. The molecule has 0 spiro atoms. The predicted molar refractivity (Wildman–Crippen MR) is 75.1 cm³/mol. The Morgan fingerprint density at radius 1 is 1.38 bits per heavy atom. The number of hydrogen-bond acceptors (Lipinski definition) is 2. The Kier molecular flexibility index (Phi) is 4.34. The van der Waals surface area contributed by atoms with Crippen LogP contribution in [0.25, 0.3) is 0 Å². The number of fused-ring (bicyclic) bond motifs is 1. The van der Waals surface area contributed by atoms with E-state index in [-0.39, 0.29) is 0 Å². The van der Waals surface area contributed by atoms with Gasteiger partial charge >= 0.3 is 0 Å². The zero-order chi connectivity index (χ0) is 11.5. The molecule has 2 unspecified atom stereocenters. The first-order chi connectivity index (χ1) is 7.76. The van der Waals surface area contributed by atoms with Gasteiger partial charge in [0.05, 0.1) is 0 Å². The van der Waals surface area contributed by atoms with Crippen molar-refractivity contribution in [3.63, 3.8) is 0 Å². The van der Waals surface area contributed by atoms with Gasteiger partial charge in [0.15, 0.2) is 0 Å². The van der Waals surface area contributed by atoms with Crippen LogP contribution in [0.4, 0.5) is 0 Å². The zero-order valence-corrected chi connectivity index (χ0v) is 12.2. The number of thioether (sulfide) groups is 1. The molecule has 1 aliphatic rings. The summed E-state index contributed by atoms with van der Waals surface area (Å²) in [7, 11) is 0. The minimum absolute atomic E-state index is 0.530. The van der Waals surface area contributed by atoms with Crippen molar-refractivity contribution in [1.82, 2.24) is 5.32 Å². The molecular weight excluding hydrogens is 282 g/mol. The molecule has 1 heterocycles. The van der Waals surface area contributed by atoms with Gasteiger partial charge in [-0.25, -0.2) is 0 Å². The van der Waals surface area contributed by atoms with Crippen LogP contribution in [0.1, 0.15) is 38.3 Å². The van der Waals surface area contributed by atoms with Crippen molar-refractivity contribution >= 4 is 27.7 Å².